The Balaban J connectivity index is 1.49. The van der Waals surface area contributed by atoms with Crippen LogP contribution in [0, 0.1) is 11.6 Å². The number of rotatable bonds is 9. The number of primary amides is 2. The van der Waals surface area contributed by atoms with Crippen LogP contribution in [0.2, 0.25) is 0 Å². The van der Waals surface area contributed by atoms with E-state index in [0.717, 1.165) is 18.2 Å². The second-order valence-electron chi connectivity index (χ2n) is 10.4. The zero-order valence-corrected chi connectivity index (χ0v) is 24.8. The van der Waals surface area contributed by atoms with Gasteiger partial charge in [0.15, 0.2) is 11.6 Å². The number of amides is 3. The maximum Gasteiger partial charge on any atom is 0.266 e. The first-order chi connectivity index (χ1) is 21.9. The SMILES string of the molecule is COc1cc2nccc(Oc3ccc(NC(=O)c4cn(C(C)C)c(C(N)=O)c(-c5ccc(F)cc5)c4=O)cc3F)c2cc1C(N)=O. The maximum atomic E-state index is 15.3. The minimum Gasteiger partial charge on any atom is -0.496 e. The lowest BCUT2D eigenvalue weighted by Crippen LogP contribution is -2.31. The number of carbonyl (C=O) groups excluding carboxylic acids is 3. The van der Waals surface area contributed by atoms with Gasteiger partial charge in [-0.05, 0) is 55.8 Å². The Hall–Kier alpha value is -6.11. The van der Waals surface area contributed by atoms with E-state index in [0.29, 0.717) is 10.9 Å². The van der Waals surface area contributed by atoms with Gasteiger partial charge in [0.05, 0.1) is 23.8 Å². The summed E-state index contributed by atoms with van der Waals surface area (Å²) in [5, 5.41) is 2.86. The number of nitrogens with two attached hydrogens (primary N) is 2. The van der Waals surface area contributed by atoms with E-state index in [2.05, 4.69) is 10.3 Å². The standard InChI is InChI=1S/C33H27F2N5O6/c1-16(2)40-15-22(30(41)28(29(40)32(37)43)17-4-6-18(34)7-5-17)33(44)39-19-8-9-26(23(35)12-19)46-25-10-11-38-24-14-27(45-3)21(31(36)42)13-20(24)25/h4-16H,1-3H3,(H2,36,42)(H2,37,43)(H,39,44). The number of pyridine rings is 2. The van der Waals surface area contributed by atoms with Crippen molar-refractivity contribution in [1.82, 2.24) is 9.55 Å². The van der Waals surface area contributed by atoms with E-state index in [1.54, 1.807) is 13.8 Å². The Labute approximate surface area is 260 Å². The van der Waals surface area contributed by atoms with E-state index in [4.69, 9.17) is 20.9 Å². The molecule has 0 saturated carbocycles. The minimum absolute atomic E-state index is 0.00649. The molecule has 3 amide bonds. The Morgan fingerprint density at radius 1 is 0.891 bits per heavy atom. The largest absolute Gasteiger partial charge is 0.496 e. The molecule has 5 N–H and O–H groups in total. The van der Waals surface area contributed by atoms with Gasteiger partial charge in [0.25, 0.3) is 17.7 Å². The van der Waals surface area contributed by atoms with Crippen molar-refractivity contribution in [2.24, 2.45) is 11.5 Å². The highest BCUT2D eigenvalue weighted by Crippen LogP contribution is 2.34. The van der Waals surface area contributed by atoms with Crippen LogP contribution in [0.1, 0.15) is 51.1 Å². The molecule has 0 spiro atoms. The molecule has 0 radical (unpaired) electrons. The van der Waals surface area contributed by atoms with Crippen molar-refractivity contribution in [2.45, 2.75) is 19.9 Å². The molecule has 0 bridgehead atoms. The summed E-state index contributed by atoms with van der Waals surface area (Å²) < 4.78 is 41.3. The first-order valence-corrected chi connectivity index (χ1v) is 13.8. The number of hydrogen-bond acceptors (Lipinski definition) is 7. The molecule has 11 nitrogen and oxygen atoms in total. The first-order valence-electron chi connectivity index (χ1n) is 13.8. The predicted octanol–water partition coefficient (Wildman–Crippen LogP) is 5.17. The van der Waals surface area contributed by atoms with Crippen molar-refractivity contribution < 1.29 is 32.6 Å². The highest BCUT2D eigenvalue weighted by molar-refractivity contribution is 6.06. The third kappa shape index (κ3) is 5.98. The number of ether oxygens (including phenoxy) is 2. The van der Waals surface area contributed by atoms with E-state index < -0.39 is 40.8 Å². The highest BCUT2D eigenvalue weighted by Gasteiger charge is 2.25. The Kier molecular flexibility index (Phi) is 8.50. The first kappa shape index (κ1) is 31.3. The minimum atomic E-state index is -0.915. The molecule has 234 valence electrons. The van der Waals surface area contributed by atoms with Crippen molar-refractivity contribution in [3.8, 4) is 28.4 Å². The van der Waals surface area contributed by atoms with E-state index in [1.165, 1.54) is 66.5 Å². The lowest BCUT2D eigenvalue weighted by Gasteiger charge is -2.20. The maximum absolute atomic E-state index is 15.3. The van der Waals surface area contributed by atoms with Crippen LogP contribution < -0.4 is 31.7 Å². The van der Waals surface area contributed by atoms with Crippen LogP contribution in [0.15, 0.2) is 77.9 Å². The lowest BCUT2D eigenvalue weighted by molar-refractivity contribution is 0.0982. The molecule has 0 aliphatic heterocycles. The summed E-state index contributed by atoms with van der Waals surface area (Å²) in [6.45, 7) is 3.44. The Morgan fingerprint density at radius 3 is 2.22 bits per heavy atom. The van der Waals surface area contributed by atoms with Gasteiger partial charge in [-0.25, -0.2) is 8.78 Å². The Bertz CT molecular complexity index is 2090. The van der Waals surface area contributed by atoms with E-state index in [-0.39, 0.29) is 50.9 Å². The number of nitrogens with zero attached hydrogens (tertiary/aromatic N) is 2. The lowest BCUT2D eigenvalue weighted by atomic mass is 9.99. The van der Waals surface area contributed by atoms with Gasteiger partial charge in [-0.2, -0.15) is 0 Å². The number of methoxy groups -OCH3 is 1. The molecule has 3 aromatic carbocycles. The molecule has 2 aromatic heterocycles. The predicted molar refractivity (Wildman–Crippen MR) is 166 cm³/mol. The number of aromatic nitrogens is 2. The molecule has 0 fully saturated rings. The van der Waals surface area contributed by atoms with Crippen LogP contribution in [-0.4, -0.2) is 34.4 Å². The summed E-state index contributed by atoms with van der Waals surface area (Å²) in [4.78, 5) is 55.6. The van der Waals surface area contributed by atoms with Gasteiger partial charge in [-0.15, -0.1) is 0 Å². The van der Waals surface area contributed by atoms with Crippen molar-refractivity contribution in [1.29, 1.82) is 0 Å². The third-order valence-electron chi connectivity index (χ3n) is 7.10. The van der Waals surface area contributed by atoms with Crippen LogP contribution >= 0.6 is 0 Å². The van der Waals surface area contributed by atoms with Crippen molar-refractivity contribution in [3.63, 3.8) is 0 Å². The number of hydrogen-bond donors (Lipinski definition) is 3. The number of nitrogens with one attached hydrogen (secondary N) is 1. The second-order valence-corrected chi connectivity index (χ2v) is 10.4. The molecule has 46 heavy (non-hydrogen) atoms. The van der Waals surface area contributed by atoms with Crippen LogP contribution in [0.4, 0.5) is 14.5 Å². The average molecular weight is 628 g/mol. The zero-order valence-electron chi connectivity index (χ0n) is 24.8. The monoisotopic (exact) mass is 627 g/mol. The molecule has 2 heterocycles. The highest BCUT2D eigenvalue weighted by atomic mass is 19.1. The Morgan fingerprint density at radius 2 is 1.61 bits per heavy atom. The van der Waals surface area contributed by atoms with Gasteiger partial charge in [-0.1, -0.05) is 12.1 Å². The third-order valence-corrected chi connectivity index (χ3v) is 7.10. The molecule has 5 aromatic rings. The summed E-state index contributed by atoms with van der Waals surface area (Å²) in [6.07, 6.45) is 2.63. The number of carbonyl (C=O) groups is 3. The number of fused-ring (bicyclic) bond motifs is 1. The topological polar surface area (TPSA) is 169 Å². The smallest absolute Gasteiger partial charge is 0.266 e. The fourth-order valence-corrected chi connectivity index (χ4v) is 4.91. The van der Waals surface area contributed by atoms with Crippen molar-refractivity contribution in [2.75, 3.05) is 12.4 Å². The number of benzene rings is 3. The van der Waals surface area contributed by atoms with Gasteiger partial charge < -0.3 is 30.8 Å². The number of anilines is 1. The molecule has 0 atom stereocenters. The van der Waals surface area contributed by atoms with E-state index >= 15 is 4.39 Å². The van der Waals surface area contributed by atoms with Crippen LogP contribution in [0.25, 0.3) is 22.0 Å². The van der Waals surface area contributed by atoms with Crippen LogP contribution in [0.3, 0.4) is 0 Å². The van der Waals surface area contributed by atoms with Crippen molar-refractivity contribution >= 4 is 34.3 Å². The van der Waals surface area contributed by atoms with Gasteiger partial charge in [0.2, 0.25) is 5.43 Å². The molecule has 0 unspecified atom stereocenters. The normalized spacial score (nSPS) is 11.0. The number of halogens is 2. The van der Waals surface area contributed by atoms with Gasteiger partial charge >= 0.3 is 0 Å². The average Bonchev–Trinajstić information content (AvgIpc) is 3.01. The molecular formula is C33H27F2N5O6. The van der Waals surface area contributed by atoms with Gasteiger partial charge in [0.1, 0.15) is 28.6 Å². The summed E-state index contributed by atoms with van der Waals surface area (Å²) >= 11 is 0. The summed E-state index contributed by atoms with van der Waals surface area (Å²) in [5.74, 6) is -3.80. The fraction of sp³-hybridized carbons (Fsp3) is 0.121. The van der Waals surface area contributed by atoms with Crippen LogP contribution in [-0.2, 0) is 0 Å². The van der Waals surface area contributed by atoms with Crippen molar-refractivity contribution in [3.05, 3.63) is 112 Å². The fourth-order valence-electron chi connectivity index (χ4n) is 4.91. The van der Waals surface area contributed by atoms with Gasteiger partial charge in [-0.3, -0.25) is 24.2 Å². The molecule has 5 rings (SSSR count). The summed E-state index contributed by atoms with van der Waals surface area (Å²) in [6, 6.07) is 12.4. The van der Waals surface area contributed by atoms with E-state index in [9.17, 15) is 23.6 Å². The molecule has 13 heteroatoms. The molecule has 0 saturated heterocycles. The molecule has 0 aliphatic rings. The van der Waals surface area contributed by atoms with Crippen LogP contribution in [0.5, 0.6) is 17.2 Å². The zero-order chi connectivity index (χ0) is 33.3. The summed E-state index contributed by atoms with van der Waals surface area (Å²) in [5.41, 5.74) is 10.2. The molecule has 0 aliphatic carbocycles. The second kappa shape index (κ2) is 12.5. The van der Waals surface area contributed by atoms with E-state index in [1.807, 2.05) is 0 Å². The molecular weight excluding hydrogens is 600 g/mol. The summed E-state index contributed by atoms with van der Waals surface area (Å²) in [7, 11) is 1.38. The van der Waals surface area contributed by atoms with Gasteiger partial charge in [0, 0.05) is 41.6 Å². The quantitative estimate of drug-likeness (QED) is 0.202.